The fourth-order valence-electron chi connectivity index (χ4n) is 1.95. The molecule has 1 heterocycles. The minimum atomic E-state index is -0.373. The highest BCUT2D eigenvalue weighted by atomic mass is 35.5. The summed E-state index contributed by atoms with van der Waals surface area (Å²) in [4.78, 5) is 20.7. The highest BCUT2D eigenvalue weighted by Gasteiger charge is 2.15. The normalized spacial score (nSPS) is 10.6. The number of para-hydroxylation sites is 2. The average molecular weight is 298 g/mol. The minimum Gasteiger partial charge on any atom is -0.321 e. The van der Waals surface area contributed by atoms with E-state index in [0.29, 0.717) is 16.7 Å². The number of aryl methyl sites for hydroxylation is 1. The zero-order chi connectivity index (χ0) is 14.8. The molecule has 5 heteroatoms. The van der Waals surface area contributed by atoms with Crippen LogP contribution >= 0.6 is 11.6 Å². The minimum absolute atomic E-state index is 0.0957. The van der Waals surface area contributed by atoms with E-state index in [-0.39, 0.29) is 16.8 Å². The van der Waals surface area contributed by atoms with Crippen molar-refractivity contribution in [2.24, 2.45) is 0 Å². The molecule has 0 saturated heterocycles. The molecule has 1 aromatic heterocycles. The summed E-state index contributed by atoms with van der Waals surface area (Å²) in [6.07, 6.45) is 0. The smallest absolute Gasteiger partial charge is 0.277 e. The number of carbonyl (C=O) groups excluding carboxylic acids is 1. The first kappa shape index (κ1) is 13.5. The van der Waals surface area contributed by atoms with E-state index in [0.717, 1.165) is 5.56 Å². The number of carbonyl (C=O) groups is 1. The third-order valence-corrected chi connectivity index (χ3v) is 3.32. The van der Waals surface area contributed by atoms with Gasteiger partial charge in [0.05, 0.1) is 11.0 Å². The number of nitrogens with one attached hydrogen (secondary N) is 1. The van der Waals surface area contributed by atoms with Crippen LogP contribution in [0.4, 0.5) is 5.69 Å². The fourth-order valence-corrected chi connectivity index (χ4v) is 2.17. The molecule has 0 fully saturated rings. The molecule has 21 heavy (non-hydrogen) atoms. The van der Waals surface area contributed by atoms with Crippen LogP contribution in [0.5, 0.6) is 0 Å². The van der Waals surface area contributed by atoms with Crippen LogP contribution in [0.3, 0.4) is 0 Å². The summed E-state index contributed by atoms with van der Waals surface area (Å²) in [5, 5.41) is 2.86. The van der Waals surface area contributed by atoms with E-state index < -0.39 is 0 Å². The Kier molecular flexibility index (Phi) is 3.54. The Morgan fingerprint density at radius 2 is 1.62 bits per heavy atom. The van der Waals surface area contributed by atoms with Crippen LogP contribution in [0.15, 0.2) is 48.5 Å². The van der Waals surface area contributed by atoms with Crippen molar-refractivity contribution < 1.29 is 4.79 Å². The molecule has 1 N–H and O–H groups in total. The van der Waals surface area contributed by atoms with Crippen molar-refractivity contribution in [2.45, 2.75) is 6.92 Å². The molecule has 0 radical (unpaired) electrons. The number of hydrogen-bond acceptors (Lipinski definition) is 3. The molecule has 0 unspecified atom stereocenters. The lowest BCUT2D eigenvalue weighted by atomic mass is 10.2. The summed E-state index contributed by atoms with van der Waals surface area (Å²) < 4.78 is 0. The molecular weight excluding hydrogens is 286 g/mol. The van der Waals surface area contributed by atoms with Crippen molar-refractivity contribution in [1.82, 2.24) is 9.97 Å². The first-order valence-corrected chi connectivity index (χ1v) is 6.81. The molecule has 2 aromatic carbocycles. The summed E-state index contributed by atoms with van der Waals surface area (Å²) in [6, 6.07) is 14.8. The van der Waals surface area contributed by atoms with Crippen LogP contribution in [-0.2, 0) is 0 Å². The van der Waals surface area contributed by atoms with Gasteiger partial charge in [0, 0.05) is 5.69 Å². The molecular formula is C16H12ClN3O. The predicted octanol–water partition coefficient (Wildman–Crippen LogP) is 3.84. The van der Waals surface area contributed by atoms with E-state index in [1.165, 1.54) is 0 Å². The lowest BCUT2D eigenvalue weighted by Gasteiger charge is -2.07. The van der Waals surface area contributed by atoms with Crippen LogP contribution < -0.4 is 5.32 Å². The highest BCUT2D eigenvalue weighted by Crippen LogP contribution is 2.18. The molecule has 0 aliphatic carbocycles. The number of aromatic nitrogens is 2. The van der Waals surface area contributed by atoms with Crippen LogP contribution in [0.2, 0.25) is 5.15 Å². The molecule has 0 aliphatic rings. The van der Waals surface area contributed by atoms with Gasteiger partial charge in [-0.15, -0.1) is 0 Å². The van der Waals surface area contributed by atoms with Gasteiger partial charge in [-0.3, -0.25) is 4.79 Å². The maximum Gasteiger partial charge on any atom is 0.277 e. The molecule has 0 spiro atoms. The van der Waals surface area contributed by atoms with E-state index in [1.54, 1.807) is 12.1 Å². The average Bonchev–Trinajstić information content (AvgIpc) is 2.49. The van der Waals surface area contributed by atoms with Gasteiger partial charge in [0.2, 0.25) is 0 Å². The van der Waals surface area contributed by atoms with Crippen molar-refractivity contribution in [3.8, 4) is 0 Å². The van der Waals surface area contributed by atoms with E-state index in [2.05, 4.69) is 15.3 Å². The summed E-state index contributed by atoms with van der Waals surface area (Å²) in [5.41, 5.74) is 3.23. The van der Waals surface area contributed by atoms with Crippen LogP contribution in [-0.4, -0.2) is 15.9 Å². The van der Waals surface area contributed by atoms with Gasteiger partial charge in [-0.25, -0.2) is 9.97 Å². The van der Waals surface area contributed by atoms with Gasteiger partial charge in [-0.1, -0.05) is 41.4 Å². The van der Waals surface area contributed by atoms with Gasteiger partial charge >= 0.3 is 0 Å². The lowest BCUT2D eigenvalue weighted by molar-refractivity contribution is 0.102. The Morgan fingerprint density at radius 1 is 1.00 bits per heavy atom. The van der Waals surface area contributed by atoms with E-state index in [4.69, 9.17) is 11.6 Å². The van der Waals surface area contributed by atoms with Gasteiger partial charge < -0.3 is 5.32 Å². The summed E-state index contributed by atoms with van der Waals surface area (Å²) >= 11 is 6.06. The van der Waals surface area contributed by atoms with Crippen molar-refractivity contribution >= 4 is 34.2 Å². The van der Waals surface area contributed by atoms with Gasteiger partial charge in [0.15, 0.2) is 10.8 Å². The van der Waals surface area contributed by atoms with E-state index >= 15 is 0 Å². The number of nitrogens with zero attached hydrogens (tertiary/aromatic N) is 2. The van der Waals surface area contributed by atoms with Gasteiger partial charge in [-0.05, 0) is 31.2 Å². The van der Waals surface area contributed by atoms with Gasteiger partial charge in [-0.2, -0.15) is 0 Å². The number of amides is 1. The molecule has 0 bridgehead atoms. The molecule has 104 valence electrons. The number of anilines is 1. The maximum atomic E-state index is 12.3. The monoisotopic (exact) mass is 297 g/mol. The fraction of sp³-hybridized carbons (Fsp3) is 0.0625. The first-order chi connectivity index (χ1) is 10.1. The Labute approximate surface area is 126 Å². The molecule has 0 saturated carbocycles. The quantitative estimate of drug-likeness (QED) is 0.782. The molecule has 1 amide bonds. The predicted molar refractivity (Wildman–Crippen MR) is 83.7 cm³/mol. The molecule has 4 nitrogen and oxygen atoms in total. The first-order valence-electron chi connectivity index (χ1n) is 6.44. The number of hydrogen-bond donors (Lipinski definition) is 1. The van der Waals surface area contributed by atoms with Gasteiger partial charge in [0.1, 0.15) is 0 Å². The second-order valence-corrected chi connectivity index (χ2v) is 5.03. The summed E-state index contributed by atoms with van der Waals surface area (Å²) in [5.74, 6) is -0.373. The number of fused-ring (bicyclic) bond motifs is 1. The van der Waals surface area contributed by atoms with Crippen molar-refractivity contribution in [3.05, 3.63) is 64.9 Å². The largest absolute Gasteiger partial charge is 0.321 e. The second kappa shape index (κ2) is 5.50. The Morgan fingerprint density at radius 3 is 2.29 bits per heavy atom. The molecule has 0 atom stereocenters. The van der Waals surface area contributed by atoms with Crippen LogP contribution in [0.1, 0.15) is 16.1 Å². The van der Waals surface area contributed by atoms with E-state index in [1.807, 2.05) is 43.3 Å². The lowest BCUT2D eigenvalue weighted by Crippen LogP contribution is -2.15. The highest BCUT2D eigenvalue weighted by molar-refractivity contribution is 6.33. The Hall–Kier alpha value is -2.46. The SMILES string of the molecule is Cc1ccc(NC(=O)c2nc3ccccc3nc2Cl)cc1. The van der Waals surface area contributed by atoms with Crippen molar-refractivity contribution in [1.29, 1.82) is 0 Å². The third kappa shape index (κ3) is 2.85. The van der Waals surface area contributed by atoms with E-state index in [9.17, 15) is 4.79 Å². The zero-order valence-electron chi connectivity index (χ0n) is 11.3. The van der Waals surface area contributed by atoms with Gasteiger partial charge in [0.25, 0.3) is 5.91 Å². The zero-order valence-corrected chi connectivity index (χ0v) is 12.1. The van der Waals surface area contributed by atoms with Crippen LogP contribution in [0, 0.1) is 6.92 Å². The second-order valence-electron chi connectivity index (χ2n) is 4.67. The number of rotatable bonds is 2. The standard InChI is InChI=1S/C16H12ClN3O/c1-10-6-8-11(9-7-10)18-16(21)14-15(17)20-13-5-3-2-4-12(13)19-14/h2-9H,1H3,(H,18,21). The summed E-state index contributed by atoms with van der Waals surface area (Å²) in [6.45, 7) is 1.98. The number of benzene rings is 2. The summed E-state index contributed by atoms with van der Waals surface area (Å²) in [7, 11) is 0. The Balaban J connectivity index is 1.93. The van der Waals surface area contributed by atoms with Crippen molar-refractivity contribution in [3.63, 3.8) is 0 Å². The number of halogens is 1. The maximum absolute atomic E-state index is 12.3. The molecule has 0 aliphatic heterocycles. The topological polar surface area (TPSA) is 54.9 Å². The van der Waals surface area contributed by atoms with Crippen LogP contribution in [0.25, 0.3) is 11.0 Å². The molecule has 3 aromatic rings. The molecule has 3 rings (SSSR count). The van der Waals surface area contributed by atoms with Crippen molar-refractivity contribution in [2.75, 3.05) is 5.32 Å². The third-order valence-electron chi connectivity index (χ3n) is 3.05. The Bertz CT molecular complexity index is 815.